The van der Waals surface area contributed by atoms with E-state index in [4.69, 9.17) is 13.8 Å². The van der Waals surface area contributed by atoms with Gasteiger partial charge in [-0.3, -0.25) is 18.6 Å². The molecule has 0 spiro atoms. The third-order valence-electron chi connectivity index (χ3n) is 13.7. The number of likely N-dealkylation sites (N-methyl/N-ethyl adjacent to an activating group) is 1. The van der Waals surface area contributed by atoms with Crippen LogP contribution in [0.25, 0.3) is 0 Å². The Bertz CT molecular complexity index is 1390. The fourth-order valence-electron chi connectivity index (χ4n) is 8.91. The molecule has 0 bridgehead atoms. The molecule has 0 saturated carbocycles. The van der Waals surface area contributed by atoms with Gasteiger partial charge in [0.15, 0.2) is 0 Å². The number of rotatable bonds is 56. The summed E-state index contributed by atoms with van der Waals surface area (Å²) in [5.74, 6) is -0.518. The first-order valence-electron chi connectivity index (χ1n) is 31.0. The van der Waals surface area contributed by atoms with Gasteiger partial charge in [0.05, 0.1) is 33.8 Å². The number of amides is 1. The van der Waals surface area contributed by atoms with Gasteiger partial charge >= 0.3 is 13.8 Å². The number of unbranched alkanes of at least 4 members (excludes halogenated alkanes) is 34. The number of nitrogens with zero attached hydrogens (tertiary/aromatic N) is 1. The molecule has 0 rings (SSSR count). The average Bonchev–Trinajstić information content (AvgIpc) is 3.35. The zero-order valence-corrected chi connectivity index (χ0v) is 49.8. The highest BCUT2D eigenvalue weighted by atomic mass is 31.2. The Morgan fingerprint density at radius 3 is 1.29 bits per heavy atom. The average molecular weight is 1050 g/mol. The summed E-state index contributed by atoms with van der Waals surface area (Å²) in [5.41, 5.74) is 0. The molecule has 1 amide bonds. The predicted octanol–water partition coefficient (Wildman–Crippen LogP) is 18.9. The van der Waals surface area contributed by atoms with E-state index >= 15 is 0 Å². The van der Waals surface area contributed by atoms with E-state index in [1.165, 1.54) is 180 Å². The summed E-state index contributed by atoms with van der Waals surface area (Å²) in [5, 5.41) is 3.04. The van der Waals surface area contributed by atoms with Gasteiger partial charge in [-0.25, -0.2) is 4.57 Å². The molecule has 0 aliphatic carbocycles. The third kappa shape index (κ3) is 54.6. The molecule has 73 heavy (non-hydrogen) atoms. The summed E-state index contributed by atoms with van der Waals surface area (Å²) < 4.78 is 30.6. The lowest BCUT2D eigenvalue weighted by molar-refractivity contribution is -0.870. The first-order valence-corrected chi connectivity index (χ1v) is 32.5. The van der Waals surface area contributed by atoms with E-state index in [0.717, 1.165) is 77.0 Å². The SMILES string of the molecule is CCCCC/C=C\C/C=C\CCCCCCCCCCCCCCCC(=O)OC(/C=C\CCCCCCCCCCC)C(COP(=O)(O)OCC[N+](C)(C)C)NC(=O)CCCCC/C=C\CCCCCCCC. The number of carbonyl (C=O) groups excluding carboxylic acids is 2. The summed E-state index contributed by atoms with van der Waals surface area (Å²) in [6, 6.07) is -0.854. The maximum absolute atomic E-state index is 13.5. The lowest BCUT2D eigenvalue weighted by atomic mass is 10.0. The smallest absolute Gasteiger partial charge is 0.456 e. The molecule has 428 valence electrons. The fraction of sp³-hybridized carbons (Fsp3) is 0.841. The predicted molar refractivity (Wildman–Crippen MR) is 314 cm³/mol. The van der Waals surface area contributed by atoms with Crippen LogP contribution in [0.1, 0.15) is 290 Å². The van der Waals surface area contributed by atoms with Gasteiger partial charge < -0.3 is 19.4 Å². The van der Waals surface area contributed by atoms with Gasteiger partial charge in [0, 0.05) is 12.8 Å². The van der Waals surface area contributed by atoms with Crippen molar-refractivity contribution in [3.05, 3.63) is 48.6 Å². The van der Waals surface area contributed by atoms with Crippen molar-refractivity contribution in [2.75, 3.05) is 40.9 Å². The molecule has 0 fully saturated rings. The van der Waals surface area contributed by atoms with Gasteiger partial charge in [0.25, 0.3) is 0 Å². The minimum atomic E-state index is -4.45. The first-order chi connectivity index (χ1) is 35.4. The first kappa shape index (κ1) is 71.0. The number of nitrogens with one attached hydrogen (secondary N) is 1. The van der Waals surface area contributed by atoms with E-state index < -0.39 is 20.0 Å². The molecule has 0 aliphatic rings. The number of ether oxygens (including phenoxy) is 1. The van der Waals surface area contributed by atoms with Gasteiger partial charge in [0.1, 0.15) is 19.3 Å². The Morgan fingerprint density at radius 2 is 0.836 bits per heavy atom. The van der Waals surface area contributed by atoms with Crippen LogP contribution in [0, 0.1) is 0 Å². The maximum Gasteiger partial charge on any atom is 0.472 e. The van der Waals surface area contributed by atoms with Crippen molar-refractivity contribution in [1.82, 2.24) is 5.32 Å². The molecule has 0 aliphatic heterocycles. The minimum absolute atomic E-state index is 0.0381. The van der Waals surface area contributed by atoms with E-state index in [2.05, 4.69) is 62.5 Å². The Labute approximate surface area is 452 Å². The van der Waals surface area contributed by atoms with Gasteiger partial charge in [-0.2, -0.15) is 0 Å². The quantitative estimate of drug-likeness (QED) is 0.0205. The van der Waals surface area contributed by atoms with Crippen LogP contribution in [-0.2, 0) is 27.9 Å². The maximum atomic E-state index is 13.5. The molecule has 2 N–H and O–H groups in total. The molecule has 3 unspecified atom stereocenters. The van der Waals surface area contributed by atoms with Gasteiger partial charge in [0.2, 0.25) is 5.91 Å². The van der Waals surface area contributed by atoms with Crippen molar-refractivity contribution < 1.29 is 37.3 Å². The van der Waals surface area contributed by atoms with Crippen LogP contribution in [0.15, 0.2) is 48.6 Å². The molecule has 0 aromatic rings. The van der Waals surface area contributed by atoms with Crippen LogP contribution in [0.2, 0.25) is 0 Å². The van der Waals surface area contributed by atoms with E-state index in [1.54, 1.807) is 0 Å². The molecule has 0 heterocycles. The second-order valence-corrected chi connectivity index (χ2v) is 23.7. The molecule has 9 nitrogen and oxygen atoms in total. The van der Waals surface area contributed by atoms with Crippen molar-refractivity contribution >= 4 is 19.7 Å². The topological polar surface area (TPSA) is 111 Å². The van der Waals surface area contributed by atoms with Crippen molar-refractivity contribution in [2.45, 2.75) is 303 Å². The minimum Gasteiger partial charge on any atom is -0.456 e. The van der Waals surface area contributed by atoms with Crippen LogP contribution in [0.5, 0.6) is 0 Å². The molecule has 0 saturated heterocycles. The summed E-state index contributed by atoms with van der Waals surface area (Å²) >= 11 is 0. The van der Waals surface area contributed by atoms with Gasteiger partial charge in [-0.15, -0.1) is 0 Å². The number of hydrogen-bond donors (Lipinski definition) is 2. The summed E-state index contributed by atoms with van der Waals surface area (Å²) in [4.78, 5) is 37.6. The molecular formula is C63H120N2O7P+. The number of allylic oxidation sites excluding steroid dienone is 7. The second-order valence-electron chi connectivity index (χ2n) is 22.2. The molecule has 0 aromatic heterocycles. The lowest BCUT2D eigenvalue weighted by Gasteiger charge is -2.27. The van der Waals surface area contributed by atoms with Crippen LogP contribution in [0.3, 0.4) is 0 Å². The standard InChI is InChI=1S/C63H119N2O7P/c1-7-10-13-16-19-22-25-27-28-29-30-31-32-33-34-35-36-38-41-44-47-50-53-56-63(67)72-61(54-51-48-45-42-39-24-21-18-15-12-9-3)60(59-71-73(68,69)70-58-57-65(4,5)6)64-62(66)55-52-49-46-43-40-37-26-23-20-17-14-11-8-2/h19,22,27-28,37,40,51,54,60-61H,7-18,20-21,23-26,29-36,38-39,41-50,52-53,55-59H2,1-6H3,(H-,64,66,68,69)/p+1/b22-19-,28-27-,40-37-,54-51-. The van der Waals surface area contributed by atoms with Crippen LogP contribution < -0.4 is 5.32 Å². The highest BCUT2D eigenvalue weighted by Crippen LogP contribution is 2.43. The Hall–Kier alpha value is -2.03. The monoisotopic (exact) mass is 1050 g/mol. The number of phosphoric acid groups is 1. The van der Waals surface area contributed by atoms with Crippen LogP contribution >= 0.6 is 7.82 Å². The van der Waals surface area contributed by atoms with E-state index in [0.29, 0.717) is 17.4 Å². The van der Waals surface area contributed by atoms with E-state index in [1.807, 2.05) is 33.3 Å². The number of quaternary nitrogens is 1. The van der Waals surface area contributed by atoms with Crippen molar-refractivity contribution in [1.29, 1.82) is 0 Å². The number of esters is 1. The Morgan fingerprint density at radius 1 is 0.479 bits per heavy atom. The van der Waals surface area contributed by atoms with Crippen LogP contribution in [-0.4, -0.2) is 74.3 Å². The summed E-state index contributed by atoms with van der Waals surface area (Å²) in [6.45, 7) is 6.98. The molecule has 0 aromatic carbocycles. The summed E-state index contributed by atoms with van der Waals surface area (Å²) in [7, 11) is 1.49. The Kier molecular flexibility index (Phi) is 51.9. The summed E-state index contributed by atoms with van der Waals surface area (Å²) in [6.07, 6.45) is 65.4. The zero-order chi connectivity index (χ0) is 53.6. The normalized spacial score (nSPS) is 14.0. The fourth-order valence-corrected chi connectivity index (χ4v) is 9.64. The zero-order valence-electron chi connectivity index (χ0n) is 48.9. The second kappa shape index (κ2) is 53.4. The molecule has 3 atom stereocenters. The van der Waals surface area contributed by atoms with Crippen molar-refractivity contribution in [3.8, 4) is 0 Å². The van der Waals surface area contributed by atoms with Gasteiger partial charge in [-0.05, 0) is 89.5 Å². The number of carbonyl (C=O) groups is 2. The van der Waals surface area contributed by atoms with E-state index in [-0.39, 0.29) is 31.5 Å². The molecule has 10 heteroatoms. The van der Waals surface area contributed by atoms with E-state index in [9.17, 15) is 19.0 Å². The highest BCUT2D eigenvalue weighted by Gasteiger charge is 2.30. The van der Waals surface area contributed by atoms with Crippen molar-refractivity contribution in [3.63, 3.8) is 0 Å². The molecule has 0 radical (unpaired) electrons. The number of phosphoric ester groups is 1. The highest BCUT2D eigenvalue weighted by molar-refractivity contribution is 7.47. The lowest BCUT2D eigenvalue weighted by Crippen LogP contribution is -2.47. The van der Waals surface area contributed by atoms with Gasteiger partial charge in [-0.1, -0.05) is 237 Å². The number of hydrogen-bond acceptors (Lipinski definition) is 6. The largest absolute Gasteiger partial charge is 0.472 e. The van der Waals surface area contributed by atoms with Crippen molar-refractivity contribution in [2.24, 2.45) is 0 Å². The Balaban J connectivity index is 5.13. The molecular weight excluding hydrogens is 928 g/mol. The van der Waals surface area contributed by atoms with Crippen LogP contribution in [0.4, 0.5) is 0 Å². The third-order valence-corrected chi connectivity index (χ3v) is 14.7.